The standard InChI is InChI=1S/C63H117NO5/c1-3-5-7-9-11-13-15-16-17-18-28-31-34-37-41-45-49-53-57-63(68)69-58-54-50-46-42-38-35-32-29-26-24-22-20-19-21-23-25-27-30-33-36-40-44-48-52-56-62(67)64-60(59-65)61(66)55-51-47-43-39-14-12-10-8-6-4-2/h13,15,17-18,21,23,51,55,60-61,65-66H,3-12,14,16,19-20,22,24-50,52-54,56-59H2,1-2H3,(H,64,67)/b15-13-,18-17-,23-21-,55-51+. The van der Waals surface area contributed by atoms with Gasteiger partial charge in [0.2, 0.25) is 5.91 Å². The van der Waals surface area contributed by atoms with Crippen molar-refractivity contribution in [2.75, 3.05) is 13.2 Å². The van der Waals surface area contributed by atoms with E-state index in [1.54, 1.807) is 6.08 Å². The molecular formula is C63H117NO5. The number of carbonyl (C=O) groups is 2. The highest BCUT2D eigenvalue weighted by Crippen LogP contribution is 2.16. The second-order valence-electron chi connectivity index (χ2n) is 20.7. The first-order valence-corrected chi connectivity index (χ1v) is 30.4. The fourth-order valence-corrected chi connectivity index (χ4v) is 9.13. The van der Waals surface area contributed by atoms with Gasteiger partial charge in [-0.05, 0) is 89.9 Å². The topological polar surface area (TPSA) is 95.9 Å². The van der Waals surface area contributed by atoms with E-state index in [1.807, 2.05) is 6.08 Å². The lowest BCUT2D eigenvalue weighted by Gasteiger charge is -2.20. The van der Waals surface area contributed by atoms with Crippen molar-refractivity contribution in [3.05, 3.63) is 48.6 Å². The van der Waals surface area contributed by atoms with Crippen LogP contribution in [-0.4, -0.2) is 47.4 Å². The molecule has 0 aliphatic carbocycles. The molecule has 69 heavy (non-hydrogen) atoms. The number of allylic oxidation sites excluding steroid dienone is 7. The molecule has 1 amide bonds. The predicted octanol–water partition coefficient (Wildman–Crippen LogP) is 19.0. The van der Waals surface area contributed by atoms with Crippen LogP contribution >= 0.6 is 0 Å². The van der Waals surface area contributed by atoms with Gasteiger partial charge >= 0.3 is 5.97 Å². The molecule has 0 aromatic heterocycles. The average Bonchev–Trinajstić information content (AvgIpc) is 3.35. The van der Waals surface area contributed by atoms with Crippen molar-refractivity contribution in [2.45, 2.75) is 328 Å². The van der Waals surface area contributed by atoms with Gasteiger partial charge in [-0.25, -0.2) is 0 Å². The summed E-state index contributed by atoms with van der Waals surface area (Å²) in [6.07, 6.45) is 74.4. The number of nitrogens with one attached hydrogen (secondary N) is 1. The first-order valence-electron chi connectivity index (χ1n) is 30.4. The Hall–Kier alpha value is -2.18. The number of amides is 1. The van der Waals surface area contributed by atoms with Crippen molar-refractivity contribution in [1.29, 1.82) is 0 Å². The van der Waals surface area contributed by atoms with Gasteiger partial charge in [-0.3, -0.25) is 9.59 Å². The summed E-state index contributed by atoms with van der Waals surface area (Å²) in [5.74, 6) is -0.0706. The molecule has 404 valence electrons. The van der Waals surface area contributed by atoms with E-state index in [9.17, 15) is 19.8 Å². The van der Waals surface area contributed by atoms with Crippen molar-refractivity contribution in [1.82, 2.24) is 5.32 Å². The van der Waals surface area contributed by atoms with Gasteiger partial charge in [-0.15, -0.1) is 0 Å². The first kappa shape index (κ1) is 66.8. The molecule has 0 saturated heterocycles. The van der Waals surface area contributed by atoms with Gasteiger partial charge in [0.05, 0.1) is 25.4 Å². The molecule has 0 heterocycles. The van der Waals surface area contributed by atoms with E-state index in [1.165, 1.54) is 238 Å². The zero-order valence-corrected chi connectivity index (χ0v) is 46.0. The number of carbonyl (C=O) groups excluding carboxylic acids is 2. The lowest BCUT2D eigenvalue weighted by atomic mass is 10.0. The van der Waals surface area contributed by atoms with Crippen LogP contribution in [0.5, 0.6) is 0 Å². The van der Waals surface area contributed by atoms with Crippen molar-refractivity contribution in [2.24, 2.45) is 0 Å². The Labute approximate surface area is 429 Å². The Morgan fingerprint density at radius 3 is 1.13 bits per heavy atom. The van der Waals surface area contributed by atoms with E-state index in [0.717, 1.165) is 51.4 Å². The van der Waals surface area contributed by atoms with Crippen LogP contribution in [0.15, 0.2) is 48.6 Å². The van der Waals surface area contributed by atoms with E-state index in [0.29, 0.717) is 19.4 Å². The minimum atomic E-state index is -0.846. The smallest absolute Gasteiger partial charge is 0.305 e. The second kappa shape index (κ2) is 58.4. The summed E-state index contributed by atoms with van der Waals surface area (Å²) in [5.41, 5.74) is 0. The highest BCUT2D eigenvalue weighted by Gasteiger charge is 2.18. The van der Waals surface area contributed by atoms with Crippen LogP contribution < -0.4 is 5.32 Å². The van der Waals surface area contributed by atoms with Gasteiger partial charge in [0.1, 0.15) is 0 Å². The molecule has 2 unspecified atom stereocenters. The van der Waals surface area contributed by atoms with Crippen LogP contribution in [0.4, 0.5) is 0 Å². The van der Waals surface area contributed by atoms with Gasteiger partial charge in [-0.2, -0.15) is 0 Å². The zero-order chi connectivity index (χ0) is 50.0. The maximum Gasteiger partial charge on any atom is 0.305 e. The summed E-state index contributed by atoms with van der Waals surface area (Å²) < 4.78 is 5.49. The van der Waals surface area contributed by atoms with Crippen LogP contribution in [0.3, 0.4) is 0 Å². The van der Waals surface area contributed by atoms with Gasteiger partial charge in [0, 0.05) is 12.8 Å². The van der Waals surface area contributed by atoms with Gasteiger partial charge in [-0.1, -0.05) is 262 Å². The Balaban J connectivity index is 3.40. The first-order chi connectivity index (χ1) is 34.0. The van der Waals surface area contributed by atoms with Crippen LogP contribution in [-0.2, 0) is 14.3 Å². The van der Waals surface area contributed by atoms with Crippen LogP contribution in [0, 0.1) is 0 Å². The Morgan fingerprint density at radius 1 is 0.406 bits per heavy atom. The number of aliphatic hydroxyl groups is 2. The van der Waals surface area contributed by atoms with Crippen molar-refractivity contribution in [3.8, 4) is 0 Å². The Kier molecular flexibility index (Phi) is 56.5. The summed E-state index contributed by atoms with van der Waals surface area (Å²) >= 11 is 0. The average molecular weight is 969 g/mol. The largest absolute Gasteiger partial charge is 0.466 e. The van der Waals surface area contributed by atoms with E-state index >= 15 is 0 Å². The predicted molar refractivity (Wildman–Crippen MR) is 301 cm³/mol. The molecule has 2 atom stereocenters. The number of hydrogen-bond donors (Lipinski definition) is 3. The van der Waals surface area contributed by atoms with Crippen molar-refractivity contribution >= 4 is 11.9 Å². The Bertz CT molecular complexity index is 1160. The molecule has 0 aliphatic rings. The third kappa shape index (κ3) is 55.0. The minimum absolute atomic E-state index is 0.00419. The molecule has 3 N–H and O–H groups in total. The van der Waals surface area contributed by atoms with Gasteiger partial charge < -0.3 is 20.3 Å². The van der Waals surface area contributed by atoms with Crippen LogP contribution in [0.2, 0.25) is 0 Å². The summed E-state index contributed by atoms with van der Waals surface area (Å²) in [7, 11) is 0. The molecule has 0 rings (SSSR count). The maximum absolute atomic E-state index is 12.4. The number of unbranched alkanes of at least 4 members (excludes halogenated alkanes) is 39. The normalized spacial score (nSPS) is 12.9. The molecule has 0 bridgehead atoms. The fourth-order valence-electron chi connectivity index (χ4n) is 9.13. The third-order valence-corrected chi connectivity index (χ3v) is 13.8. The fraction of sp³-hybridized carbons (Fsp3) is 0.841. The number of aliphatic hydroxyl groups excluding tert-OH is 2. The molecule has 6 heteroatoms. The number of hydrogen-bond acceptors (Lipinski definition) is 5. The lowest BCUT2D eigenvalue weighted by molar-refractivity contribution is -0.143. The molecule has 6 nitrogen and oxygen atoms in total. The molecule has 0 aliphatic heterocycles. The van der Waals surface area contributed by atoms with E-state index in [2.05, 4.69) is 55.6 Å². The Morgan fingerprint density at radius 2 is 0.725 bits per heavy atom. The number of esters is 1. The third-order valence-electron chi connectivity index (χ3n) is 13.8. The summed E-state index contributed by atoms with van der Waals surface area (Å²) in [6, 6.07) is -0.630. The highest BCUT2D eigenvalue weighted by atomic mass is 16.5. The molecule has 0 aromatic carbocycles. The second-order valence-corrected chi connectivity index (χ2v) is 20.7. The van der Waals surface area contributed by atoms with Crippen molar-refractivity contribution < 1.29 is 24.5 Å². The quantitative estimate of drug-likeness (QED) is 0.0321. The van der Waals surface area contributed by atoms with E-state index in [4.69, 9.17) is 4.74 Å². The van der Waals surface area contributed by atoms with E-state index < -0.39 is 12.1 Å². The van der Waals surface area contributed by atoms with Gasteiger partial charge in [0.15, 0.2) is 0 Å². The maximum atomic E-state index is 12.4. The molecular weight excluding hydrogens is 851 g/mol. The van der Waals surface area contributed by atoms with Gasteiger partial charge in [0.25, 0.3) is 0 Å². The summed E-state index contributed by atoms with van der Waals surface area (Å²) in [6.45, 7) is 4.86. The lowest BCUT2D eigenvalue weighted by Crippen LogP contribution is -2.45. The molecule has 0 aromatic rings. The molecule has 0 fully saturated rings. The zero-order valence-electron chi connectivity index (χ0n) is 46.0. The molecule has 0 saturated carbocycles. The summed E-state index contributed by atoms with van der Waals surface area (Å²) in [4.78, 5) is 24.5. The monoisotopic (exact) mass is 968 g/mol. The SMILES string of the molecule is CCCCCC/C=C\C/C=C\CCCCCCCCCC(=O)OCCCCCCCCCCCCCC/C=C\CCCCCCCCCCC(=O)NC(CO)C(O)/C=C/CCCCCCCCCC. The molecule has 0 radical (unpaired) electrons. The van der Waals surface area contributed by atoms with Crippen molar-refractivity contribution in [3.63, 3.8) is 0 Å². The highest BCUT2D eigenvalue weighted by molar-refractivity contribution is 5.76. The number of ether oxygens (including phenoxy) is 1. The van der Waals surface area contributed by atoms with Crippen LogP contribution in [0.1, 0.15) is 316 Å². The molecule has 0 spiro atoms. The van der Waals surface area contributed by atoms with Crippen LogP contribution in [0.25, 0.3) is 0 Å². The summed E-state index contributed by atoms with van der Waals surface area (Å²) in [5, 5.41) is 23.0. The minimum Gasteiger partial charge on any atom is -0.466 e. The van der Waals surface area contributed by atoms with E-state index in [-0.39, 0.29) is 18.5 Å². The number of rotatable bonds is 56.